The second-order valence-corrected chi connectivity index (χ2v) is 9.79. The van der Waals surface area contributed by atoms with Crippen molar-refractivity contribution in [1.82, 2.24) is 15.0 Å². The summed E-state index contributed by atoms with van der Waals surface area (Å²) in [6, 6.07) is 18.8. The molecular formula is C23H21N3O4S2. The van der Waals surface area contributed by atoms with E-state index in [4.69, 9.17) is 4.42 Å². The highest BCUT2D eigenvalue weighted by molar-refractivity contribution is 7.92. The Morgan fingerprint density at radius 1 is 1.09 bits per heavy atom. The van der Waals surface area contributed by atoms with Crippen LogP contribution in [0.4, 0.5) is 0 Å². The lowest BCUT2D eigenvalue weighted by atomic mass is 10.2. The van der Waals surface area contributed by atoms with Gasteiger partial charge in [0.1, 0.15) is 5.76 Å². The minimum absolute atomic E-state index is 0.144. The molecule has 0 aliphatic rings. The maximum Gasteiger partial charge on any atom is 0.235 e. The van der Waals surface area contributed by atoms with E-state index in [9.17, 15) is 13.2 Å². The lowest BCUT2D eigenvalue weighted by molar-refractivity contribution is -0.120. The summed E-state index contributed by atoms with van der Waals surface area (Å²) < 4.78 is 33.3. The lowest BCUT2D eigenvalue weighted by Crippen LogP contribution is -2.35. The normalized spacial score (nSPS) is 11.9. The van der Waals surface area contributed by atoms with Crippen LogP contribution < -0.4 is 10.0 Å². The van der Waals surface area contributed by atoms with E-state index >= 15 is 0 Å². The Labute approximate surface area is 189 Å². The van der Waals surface area contributed by atoms with Crippen molar-refractivity contribution in [3.05, 3.63) is 83.0 Å². The highest BCUT2D eigenvalue weighted by atomic mass is 32.2. The van der Waals surface area contributed by atoms with Crippen molar-refractivity contribution >= 4 is 43.6 Å². The molecule has 164 valence electrons. The van der Waals surface area contributed by atoms with Gasteiger partial charge in [-0.2, -0.15) is 0 Å². The van der Waals surface area contributed by atoms with E-state index in [1.807, 2.05) is 55.5 Å². The molecule has 0 bridgehead atoms. The van der Waals surface area contributed by atoms with Gasteiger partial charge in [-0.05, 0) is 42.8 Å². The first kappa shape index (κ1) is 21.9. The highest BCUT2D eigenvalue weighted by Gasteiger charge is 2.12. The predicted molar refractivity (Wildman–Crippen MR) is 126 cm³/mol. The number of carbonyl (C=O) groups is 1. The average molecular weight is 468 g/mol. The van der Waals surface area contributed by atoms with Crippen LogP contribution in [0.15, 0.2) is 70.5 Å². The molecule has 0 radical (unpaired) electrons. The molecule has 2 aromatic carbocycles. The number of fused-ring (bicyclic) bond motifs is 1. The zero-order valence-electron chi connectivity index (χ0n) is 17.2. The summed E-state index contributed by atoms with van der Waals surface area (Å²) in [6.45, 7) is 1.73. The Balaban J connectivity index is 1.28. The molecule has 1 amide bonds. The van der Waals surface area contributed by atoms with E-state index in [0.717, 1.165) is 31.8 Å². The summed E-state index contributed by atoms with van der Waals surface area (Å²) in [5, 5.41) is 4.45. The number of aromatic nitrogens is 1. The standard InChI is InChI=1S/C23H21N3O4S2/c1-16-6-8-17(9-7-16)12-13-32(28,29)25-15-22(27)24-14-18-10-11-20(30-18)23-26-19-4-2-3-5-21(19)31-23/h2-13,25H,14-15H2,1H3,(H,24,27)/b13-12+. The summed E-state index contributed by atoms with van der Waals surface area (Å²) in [6.07, 6.45) is 1.48. The van der Waals surface area contributed by atoms with Crippen LogP contribution in [0.2, 0.25) is 0 Å². The molecule has 4 rings (SSSR count). The molecule has 9 heteroatoms. The van der Waals surface area contributed by atoms with Gasteiger partial charge in [0.25, 0.3) is 0 Å². The number of furan rings is 1. The third-order valence-corrected chi connectivity index (χ3v) is 6.67. The molecule has 4 aromatic rings. The molecule has 0 spiro atoms. The Morgan fingerprint density at radius 2 is 1.88 bits per heavy atom. The number of sulfonamides is 1. The monoisotopic (exact) mass is 467 g/mol. The fourth-order valence-electron chi connectivity index (χ4n) is 2.87. The van der Waals surface area contributed by atoms with Gasteiger partial charge in [-0.1, -0.05) is 42.0 Å². The molecule has 0 saturated carbocycles. The van der Waals surface area contributed by atoms with E-state index in [-0.39, 0.29) is 13.1 Å². The highest BCUT2D eigenvalue weighted by Crippen LogP contribution is 2.31. The fourth-order valence-corrected chi connectivity index (χ4v) is 4.57. The molecule has 2 N–H and O–H groups in total. The topological polar surface area (TPSA) is 101 Å². The van der Waals surface area contributed by atoms with E-state index < -0.39 is 15.9 Å². The summed E-state index contributed by atoms with van der Waals surface area (Å²) >= 11 is 1.53. The molecule has 0 fully saturated rings. The van der Waals surface area contributed by atoms with Crippen LogP contribution in [0, 0.1) is 6.92 Å². The van der Waals surface area contributed by atoms with Crippen molar-refractivity contribution in [3.63, 3.8) is 0 Å². The SMILES string of the molecule is Cc1ccc(/C=C/S(=O)(=O)NCC(=O)NCc2ccc(-c3nc4ccccc4s3)o2)cc1. The summed E-state index contributed by atoms with van der Waals surface area (Å²) in [5.41, 5.74) is 2.75. The first-order chi connectivity index (χ1) is 15.4. The van der Waals surface area contributed by atoms with Crippen molar-refractivity contribution in [2.45, 2.75) is 13.5 Å². The zero-order chi connectivity index (χ0) is 22.6. The number of carbonyl (C=O) groups excluding carboxylic acids is 1. The number of amides is 1. The minimum Gasteiger partial charge on any atom is -0.457 e. The van der Waals surface area contributed by atoms with Crippen LogP contribution in [0.1, 0.15) is 16.9 Å². The molecule has 7 nitrogen and oxygen atoms in total. The summed E-state index contributed by atoms with van der Waals surface area (Å²) in [7, 11) is -3.73. The van der Waals surface area contributed by atoms with Gasteiger partial charge in [-0.3, -0.25) is 4.79 Å². The largest absolute Gasteiger partial charge is 0.457 e. The minimum atomic E-state index is -3.73. The Morgan fingerprint density at radius 3 is 2.66 bits per heavy atom. The fraction of sp³-hybridized carbons (Fsp3) is 0.130. The maximum atomic E-state index is 12.1. The molecule has 32 heavy (non-hydrogen) atoms. The van der Waals surface area contributed by atoms with Gasteiger partial charge in [0.05, 0.1) is 23.3 Å². The number of nitrogens with zero attached hydrogens (tertiary/aromatic N) is 1. The van der Waals surface area contributed by atoms with Crippen LogP contribution in [0.3, 0.4) is 0 Å². The number of hydrogen-bond acceptors (Lipinski definition) is 6. The molecule has 0 unspecified atom stereocenters. The lowest BCUT2D eigenvalue weighted by Gasteiger charge is -2.04. The number of para-hydroxylation sites is 1. The first-order valence-corrected chi connectivity index (χ1v) is 12.2. The van der Waals surface area contributed by atoms with Crippen LogP contribution in [-0.2, 0) is 21.4 Å². The van der Waals surface area contributed by atoms with E-state index in [1.54, 1.807) is 12.1 Å². The molecule has 2 aromatic heterocycles. The van der Waals surface area contributed by atoms with Crippen LogP contribution in [-0.4, -0.2) is 25.9 Å². The smallest absolute Gasteiger partial charge is 0.235 e. The maximum absolute atomic E-state index is 12.1. The molecule has 0 aliphatic carbocycles. The van der Waals surface area contributed by atoms with E-state index in [0.29, 0.717) is 11.5 Å². The van der Waals surface area contributed by atoms with Crippen LogP contribution >= 0.6 is 11.3 Å². The predicted octanol–water partition coefficient (Wildman–Crippen LogP) is 4.07. The van der Waals surface area contributed by atoms with Crippen molar-refractivity contribution in [2.24, 2.45) is 0 Å². The van der Waals surface area contributed by atoms with Gasteiger partial charge >= 0.3 is 0 Å². The number of thiazole rings is 1. The average Bonchev–Trinajstić information content (AvgIpc) is 3.43. The van der Waals surface area contributed by atoms with Crippen molar-refractivity contribution in [2.75, 3.05) is 6.54 Å². The number of aryl methyl sites for hydroxylation is 1. The number of benzene rings is 2. The van der Waals surface area contributed by atoms with Gasteiger partial charge in [-0.25, -0.2) is 18.1 Å². The summed E-state index contributed by atoms with van der Waals surface area (Å²) in [4.78, 5) is 16.6. The van der Waals surface area contributed by atoms with Gasteiger partial charge in [0.15, 0.2) is 10.8 Å². The molecular weight excluding hydrogens is 446 g/mol. The van der Waals surface area contributed by atoms with Gasteiger partial charge < -0.3 is 9.73 Å². The Bertz CT molecular complexity index is 1340. The Hall–Kier alpha value is -3.27. The Kier molecular flexibility index (Phi) is 6.50. The number of nitrogens with one attached hydrogen (secondary N) is 2. The van der Waals surface area contributed by atoms with E-state index in [1.165, 1.54) is 17.4 Å². The molecule has 0 saturated heterocycles. The number of hydrogen-bond donors (Lipinski definition) is 2. The molecule has 0 aliphatic heterocycles. The third-order valence-electron chi connectivity index (χ3n) is 4.58. The van der Waals surface area contributed by atoms with Gasteiger partial charge in [0, 0.05) is 5.41 Å². The second kappa shape index (κ2) is 9.47. The molecule has 0 atom stereocenters. The van der Waals surface area contributed by atoms with Crippen molar-refractivity contribution < 1.29 is 17.6 Å². The first-order valence-electron chi connectivity index (χ1n) is 9.84. The second-order valence-electron chi connectivity index (χ2n) is 7.11. The summed E-state index contributed by atoms with van der Waals surface area (Å²) in [5.74, 6) is 0.711. The quantitative estimate of drug-likeness (QED) is 0.407. The van der Waals surface area contributed by atoms with Crippen LogP contribution in [0.25, 0.3) is 27.1 Å². The third kappa shape index (κ3) is 5.70. The zero-order valence-corrected chi connectivity index (χ0v) is 18.9. The van der Waals surface area contributed by atoms with Gasteiger partial charge in [-0.15, -0.1) is 11.3 Å². The van der Waals surface area contributed by atoms with E-state index in [2.05, 4.69) is 15.0 Å². The van der Waals surface area contributed by atoms with Gasteiger partial charge in [0.2, 0.25) is 15.9 Å². The van der Waals surface area contributed by atoms with Crippen LogP contribution in [0.5, 0.6) is 0 Å². The number of rotatable bonds is 8. The van der Waals surface area contributed by atoms with Crippen molar-refractivity contribution in [3.8, 4) is 10.8 Å². The molecule has 2 heterocycles. The van der Waals surface area contributed by atoms with Crippen molar-refractivity contribution in [1.29, 1.82) is 0 Å².